The van der Waals surface area contributed by atoms with E-state index in [-0.39, 0.29) is 6.04 Å². The third kappa shape index (κ3) is 4.58. The van der Waals surface area contributed by atoms with Crippen LogP contribution in [0, 0.1) is 5.92 Å². The Kier molecular flexibility index (Phi) is 5.01. The molecule has 23 heavy (non-hydrogen) atoms. The summed E-state index contributed by atoms with van der Waals surface area (Å²) in [5.74, 6) is 0.657. The summed E-state index contributed by atoms with van der Waals surface area (Å²) < 4.78 is 0. The third-order valence-corrected chi connectivity index (χ3v) is 5.07. The minimum Gasteiger partial charge on any atom is -0.465 e. The van der Waals surface area contributed by atoms with Crippen molar-refractivity contribution < 1.29 is 9.90 Å². The molecule has 3 N–H and O–H groups in total. The van der Waals surface area contributed by atoms with Gasteiger partial charge in [-0.3, -0.25) is 0 Å². The standard InChI is InChI=1S/C19H26N2O2/c1-13(11-14-5-3-2-4-6-14)17-12-18(17)20-15-7-9-16(10-8-15)21-19(22)23/h2-6,11,15-18,20-21H,7-10,12H2,1H3,(H,22,23)/b13-11+/t15?,16?,17-,18+/m0/s1. The lowest BCUT2D eigenvalue weighted by Gasteiger charge is -2.29. The van der Waals surface area contributed by atoms with Crippen molar-refractivity contribution in [3.05, 3.63) is 41.5 Å². The van der Waals surface area contributed by atoms with Gasteiger partial charge in [-0.2, -0.15) is 0 Å². The fraction of sp³-hybridized carbons (Fsp3) is 0.526. The van der Waals surface area contributed by atoms with Crippen LogP contribution in [0.25, 0.3) is 6.08 Å². The summed E-state index contributed by atoms with van der Waals surface area (Å²) in [5, 5.41) is 15.1. The molecular weight excluding hydrogens is 288 g/mol. The predicted octanol–water partition coefficient (Wildman–Crippen LogP) is 3.65. The Morgan fingerprint density at radius 2 is 1.78 bits per heavy atom. The van der Waals surface area contributed by atoms with E-state index in [0.29, 0.717) is 18.0 Å². The molecule has 0 unspecified atom stereocenters. The first kappa shape index (κ1) is 16.1. The van der Waals surface area contributed by atoms with Crippen LogP contribution in [0.3, 0.4) is 0 Å². The highest BCUT2D eigenvalue weighted by Gasteiger charge is 2.39. The van der Waals surface area contributed by atoms with E-state index in [1.165, 1.54) is 17.6 Å². The maximum Gasteiger partial charge on any atom is 0.404 e. The number of hydrogen-bond acceptors (Lipinski definition) is 2. The highest BCUT2D eigenvalue weighted by molar-refractivity contribution is 5.64. The van der Waals surface area contributed by atoms with Crippen LogP contribution >= 0.6 is 0 Å². The molecular formula is C19H26N2O2. The van der Waals surface area contributed by atoms with Gasteiger partial charge < -0.3 is 15.7 Å². The van der Waals surface area contributed by atoms with E-state index in [1.807, 2.05) is 6.07 Å². The van der Waals surface area contributed by atoms with Gasteiger partial charge in [0.15, 0.2) is 0 Å². The van der Waals surface area contributed by atoms with E-state index in [9.17, 15) is 4.79 Å². The van der Waals surface area contributed by atoms with Crippen LogP contribution in [-0.4, -0.2) is 29.3 Å². The normalized spacial score (nSPS) is 30.7. The highest BCUT2D eigenvalue weighted by atomic mass is 16.4. The minimum absolute atomic E-state index is 0.139. The Morgan fingerprint density at radius 3 is 2.43 bits per heavy atom. The van der Waals surface area contributed by atoms with Gasteiger partial charge >= 0.3 is 6.09 Å². The van der Waals surface area contributed by atoms with Gasteiger partial charge in [0.2, 0.25) is 0 Å². The highest BCUT2D eigenvalue weighted by Crippen LogP contribution is 2.39. The Balaban J connectivity index is 1.43. The largest absolute Gasteiger partial charge is 0.465 e. The Hall–Kier alpha value is -1.81. The predicted molar refractivity (Wildman–Crippen MR) is 92.3 cm³/mol. The maximum absolute atomic E-state index is 10.7. The summed E-state index contributed by atoms with van der Waals surface area (Å²) in [7, 11) is 0. The van der Waals surface area contributed by atoms with Crippen LogP contribution in [0.5, 0.6) is 0 Å². The molecule has 0 saturated heterocycles. The number of amides is 1. The van der Waals surface area contributed by atoms with Gasteiger partial charge in [0.25, 0.3) is 0 Å². The van der Waals surface area contributed by atoms with E-state index in [1.54, 1.807) is 0 Å². The molecule has 0 radical (unpaired) electrons. The van der Waals surface area contributed by atoms with Crippen molar-refractivity contribution in [2.75, 3.05) is 0 Å². The average molecular weight is 314 g/mol. The van der Waals surface area contributed by atoms with Crippen molar-refractivity contribution in [1.29, 1.82) is 0 Å². The molecule has 0 aliphatic heterocycles. The van der Waals surface area contributed by atoms with Crippen LogP contribution < -0.4 is 10.6 Å². The molecule has 0 bridgehead atoms. The maximum atomic E-state index is 10.7. The lowest BCUT2D eigenvalue weighted by atomic mass is 9.91. The Morgan fingerprint density at radius 1 is 1.13 bits per heavy atom. The molecule has 1 amide bonds. The van der Waals surface area contributed by atoms with Crippen molar-refractivity contribution in [1.82, 2.24) is 10.6 Å². The smallest absolute Gasteiger partial charge is 0.404 e. The molecule has 1 aromatic carbocycles. The fourth-order valence-electron chi connectivity index (χ4n) is 3.68. The van der Waals surface area contributed by atoms with Crippen molar-refractivity contribution in [2.24, 2.45) is 5.92 Å². The van der Waals surface area contributed by atoms with Crippen LogP contribution in [0.15, 0.2) is 35.9 Å². The fourth-order valence-corrected chi connectivity index (χ4v) is 3.68. The summed E-state index contributed by atoms with van der Waals surface area (Å²) in [6.45, 7) is 2.23. The third-order valence-electron chi connectivity index (χ3n) is 5.07. The average Bonchev–Trinajstić information content (AvgIpc) is 3.29. The lowest BCUT2D eigenvalue weighted by Crippen LogP contribution is -2.42. The number of hydrogen-bond donors (Lipinski definition) is 3. The summed E-state index contributed by atoms with van der Waals surface area (Å²) in [5.41, 5.74) is 2.73. The Labute approximate surface area is 138 Å². The number of nitrogens with one attached hydrogen (secondary N) is 2. The first-order valence-corrected chi connectivity index (χ1v) is 8.60. The lowest BCUT2D eigenvalue weighted by molar-refractivity contribution is 0.183. The topological polar surface area (TPSA) is 61.4 Å². The van der Waals surface area contributed by atoms with Gasteiger partial charge in [-0.25, -0.2) is 4.79 Å². The second-order valence-electron chi connectivity index (χ2n) is 6.91. The molecule has 2 atom stereocenters. The van der Waals surface area contributed by atoms with Crippen molar-refractivity contribution >= 4 is 12.2 Å². The van der Waals surface area contributed by atoms with Crippen LogP contribution in [0.1, 0.15) is 44.6 Å². The summed E-state index contributed by atoms with van der Waals surface area (Å²) in [6.07, 6.45) is 6.64. The monoisotopic (exact) mass is 314 g/mol. The zero-order valence-corrected chi connectivity index (χ0v) is 13.7. The number of carboxylic acid groups (broad SMARTS) is 1. The molecule has 2 aliphatic carbocycles. The van der Waals surface area contributed by atoms with Crippen LogP contribution in [0.2, 0.25) is 0 Å². The van der Waals surface area contributed by atoms with Gasteiger partial charge in [-0.15, -0.1) is 0 Å². The molecule has 1 aromatic rings. The quantitative estimate of drug-likeness (QED) is 0.777. The van der Waals surface area contributed by atoms with Crippen LogP contribution in [-0.2, 0) is 0 Å². The van der Waals surface area contributed by atoms with E-state index in [4.69, 9.17) is 5.11 Å². The second-order valence-corrected chi connectivity index (χ2v) is 6.91. The number of carbonyl (C=O) groups is 1. The summed E-state index contributed by atoms with van der Waals surface area (Å²) in [6, 6.07) is 11.8. The van der Waals surface area contributed by atoms with E-state index in [2.05, 4.69) is 47.9 Å². The van der Waals surface area contributed by atoms with E-state index >= 15 is 0 Å². The Bertz CT molecular complexity index is 562. The van der Waals surface area contributed by atoms with Gasteiger partial charge in [-0.1, -0.05) is 42.0 Å². The van der Waals surface area contributed by atoms with Gasteiger partial charge in [-0.05, 0) is 50.5 Å². The second kappa shape index (κ2) is 7.18. The van der Waals surface area contributed by atoms with Gasteiger partial charge in [0.05, 0.1) is 0 Å². The molecule has 3 rings (SSSR count). The number of rotatable bonds is 5. The zero-order valence-electron chi connectivity index (χ0n) is 13.7. The van der Waals surface area contributed by atoms with E-state index < -0.39 is 6.09 Å². The van der Waals surface area contributed by atoms with Crippen molar-refractivity contribution in [3.8, 4) is 0 Å². The first-order valence-electron chi connectivity index (χ1n) is 8.60. The molecule has 4 heteroatoms. The molecule has 0 spiro atoms. The SMILES string of the molecule is C/C(=C\c1ccccc1)[C@@H]1C[C@H]1NC1CCC(NC(=O)O)CC1. The van der Waals surface area contributed by atoms with Crippen molar-refractivity contribution in [3.63, 3.8) is 0 Å². The molecule has 2 fully saturated rings. The van der Waals surface area contributed by atoms with Gasteiger partial charge in [0.1, 0.15) is 0 Å². The summed E-state index contributed by atoms with van der Waals surface area (Å²) in [4.78, 5) is 10.7. The molecule has 2 aliphatic rings. The van der Waals surface area contributed by atoms with Gasteiger partial charge in [0, 0.05) is 18.1 Å². The zero-order chi connectivity index (χ0) is 16.2. The van der Waals surface area contributed by atoms with Crippen molar-refractivity contribution in [2.45, 2.75) is 57.2 Å². The molecule has 0 heterocycles. The molecule has 124 valence electrons. The molecule has 0 aromatic heterocycles. The summed E-state index contributed by atoms with van der Waals surface area (Å²) >= 11 is 0. The van der Waals surface area contributed by atoms with E-state index in [0.717, 1.165) is 25.7 Å². The first-order chi connectivity index (χ1) is 11.1. The van der Waals surface area contributed by atoms with Crippen LogP contribution in [0.4, 0.5) is 4.79 Å². The number of benzene rings is 1. The molecule has 4 nitrogen and oxygen atoms in total. The molecule has 2 saturated carbocycles. The minimum atomic E-state index is -0.898.